The molecule has 2 aromatic carbocycles. The third kappa shape index (κ3) is 3.49. The lowest BCUT2D eigenvalue weighted by Crippen LogP contribution is -2.55. The van der Waals surface area contributed by atoms with E-state index in [0.29, 0.717) is 25.3 Å². The summed E-state index contributed by atoms with van der Waals surface area (Å²) in [6.45, 7) is 0. The van der Waals surface area contributed by atoms with Gasteiger partial charge >= 0.3 is 6.18 Å². The monoisotopic (exact) mass is 490 g/mol. The van der Waals surface area contributed by atoms with Crippen molar-refractivity contribution in [2.24, 2.45) is 0 Å². The lowest BCUT2D eigenvalue weighted by molar-refractivity contribution is -0.137. The van der Waals surface area contributed by atoms with Crippen molar-refractivity contribution in [2.45, 2.75) is 31.0 Å². The Bertz CT molecular complexity index is 1260. The fraction of sp³-hybridized carbons (Fsp3) is 0.304. The van der Waals surface area contributed by atoms with Crippen LogP contribution in [-0.4, -0.2) is 41.5 Å². The number of alkyl halides is 3. The molecule has 176 valence electrons. The number of rotatable bonds is 3. The number of hydrogen-bond acceptors (Lipinski definition) is 4. The van der Waals surface area contributed by atoms with Crippen LogP contribution in [0.25, 0.3) is 0 Å². The number of thiocarbonyl (C=S) groups is 1. The second-order valence-corrected chi connectivity index (χ2v) is 8.71. The Morgan fingerprint density at radius 2 is 1.85 bits per heavy atom. The number of nitrogens with zero attached hydrogens (tertiary/aromatic N) is 4. The molecule has 0 bridgehead atoms. The van der Waals surface area contributed by atoms with Gasteiger partial charge in [0.1, 0.15) is 11.4 Å². The summed E-state index contributed by atoms with van der Waals surface area (Å²) >= 11 is 5.47. The molecule has 1 saturated carbocycles. The first-order chi connectivity index (χ1) is 15.9. The highest BCUT2D eigenvalue weighted by Crippen LogP contribution is 2.49. The van der Waals surface area contributed by atoms with E-state index in [2.05, 4.69) is 0 Å². The maximum Gasteiger partial charge on any atom is 0.418 e. The van der Waals surface area contributed by atoms with Crippen LogP contribution < -0.4 is 9.80 Å². The summed E-state index contributed by atoms with van der Waals surface area (Å²) in [5, 5.41) is 8.81. The van der Waals surface area contributed by atoms with E-state index in [0.717, 1.165) is 17.0 Å². The van der Waals surface area contributed by atoms with Crippen LogP contribution in [0.3, 0.4) is 0 Å². The summed E-state index contributed by atoms with van der Waals surface area (Å²) in [7, 11) is 2.95. The fourth-order valence-corrected chi connectivity index (χ4v) is 4.74. The van der Waals surface area contributed by atoms with Gasteiger partial charge in [-0.15, -0.1) is 0 Å². The first-order valence-electron chi connectivity index (χ1n) is 10.2. The highest BCUT2D eigenvalue weighted by atomic mass is 32.1. The highest BCUT2D eigenvalue weighted by molar-refractivity contribution is 7.81. The Labute approximate surface area is 198 Å². The average Bonchev–Trinajstić information content (AvgIpc) is 2.98. The van der Waals surface area contributed by atoms with Crippen molar-refractivity contribution in [2.75, 3.05) is 23.9 Å². The van der Waals surface area contributed by atoms with Crippen LogP contribution in [0.15, 0.2) is 36.4 Å². The molecule has 1 heterocycles. The van der Waals surface area contributed by atoms with Gasteiger partial charge in [-0.25, -0.2) is 4.39 Å². The number of anilines is 2. The van der Waals surface area contributed by atoms with Crippen molar-refractivity contribution in [1.82, 2.24) is 4.90 Å². The van der Waals surface area contributed by atoms with Crippen molar-refractivity contribution in [3.8, 4) is 6.07 Å². The molecule has 2 aliphatic rings. The molecule has 1 saturated heterocycles. The summed E-state index contributed by atoms with van der Waals surface area (Å²) in [5.41, 5.74) is -3.14. The van der Waals surface area contributed by atoms with E-state index >= 15 is 0 Å². The molecule has 6 nitrogen and oxygen atoms in total. The van der Waals surface area contributed by atoms with Crippen LogP contribution >= 0.6 is 12.2 Å². The zero-order valence-electron chi connectivity index (χ0n) is 18.1. The van der Waals surface area contributed by atoms with E-state index in [1.807, 2.05) is 0 Å². The Morgan fingerprint density at radius 3 is 2.35 bits per heavy atom. The Kier molecular flexibility index (Phi) is 5.60. The molecule has 0 radical (unpaired) electrons. The summed E-state index contributed by atoms with van der Waals surface area (Å²) in [4.78, 5) is 29.1. The molecule has 4 rings (SSSR count). The molecule has 34 heavy (non-hydrogen) atoms. The molecule has 1 aliphatic carbocycles. The van der Waals surface area contributed by atoms with Gasteiger partial charge in [0.15, 0.2) is 5.11 Å². The van der Waals surface area contributed by atoms with Gasteiger partial charge < -0.3 is 9.80 Å². The molecule has 0 aromatic heterocycles. The van der Waals surface area contributed by atoms with Gasteiger partial charge in [0.2, 0.25) is 0 Å². The summed E-state index contributed by atoms with van der Waals surface area (Å²) < 4.78 is 56.3. The largest absolute Gasteiger partial charge is 0.418 e. The number of benzene rings is 2. The van der Waals surface area contributed by atoms with Crippen molar-refractivity contribution in [3.05, 3.63) is 58.9 Å². The number of hydrogen-bond donors (Lipinski definition) is 0. The standard InChI is InChI=1S/C23H18F4N4O2S/c1-29(2)19(32)15-6-5-14(11-17(15)24)31-21(34)30(20(33)22(31)8-3-9-22)18-7-4-13(12-28)10-16(18)23(25,26)27/h4-7,10-11H,3,8-9H2,1-2H3. The molecule has 2 fully saturated rings. The quantitative estimate of drug-likeness (QED) is 0.469. The molecule has 0 unspecified atom stereocenters. The van der Waals surface area contributed by atoms with Gasteiger partial charge in [-0.05, 0) is 67.9 Å². The molecular formula is C23H18F4N4O2S. The van der Waals surface area contributed by atoms with Crippen LogP contribution in [0.5, 0.6) is 0 Å². The number of amides is 2. The predicted octanol–water partition coefficient (Wildman–Crippen LogP) is 4.48. The molecule has 2 amide bonds. The van der Waals surface area contributed by atoms with Crippen LogP contribution in [-0.2, 0) is 11.0 Å². The molecular weight excluding hydrogens is 472 g/mol. The van der Waals surface area contributed by atoms with E-state index < -0.39 is 40.6 Å². The molecule has 0 atom stereocenters. The van der Waals surface area contributed by atoms with Gasteiger partial charge in [-0.2, -0.15) is 18.4 Å². The first-order valence-corrected chi connectivity index (χ1v) is 10.6. The van der Waals surface area contributed by atoms with E-state index in [1.54, 1.807) is 6.07 Å². The van der Waals surface area contributed by atoms with Crippen LogP contribution in [0.1, 0.15) is 40.7 Å². The van der Waals surface area contributed by atoms with E-state index in [4.69, 9.17) is 17.5 Å². The molecule has 1 aliphatic heterocycles. The van der Waals surface area contributed by atoms with Crippen LogP contribution in [0.2, 0.25) is 0 Å². The van der Waals surface area contributed by atoms with Crippen molar-refractivity contribution >= 4 is 40.5 Å². The minimum Gasteiger partial charge on any atom is -0.345 e. The zero-order chi connectivity index (χ0) is 25.0. The lowest BCUT2D eigenvalue weighted by Gasteiger charge is -2.43. The molecule has 0 N–H and O–H groups in total. The van der Waals surface area contributed by atoms with E-state index in [9.17, 15) is 27.2 Å². The number of carbonyl (C=O) groups excluding carboxylic acids is 2. The van der Waals surface area contributed by atoms with Crippen LogP contribution in [0.4, 0.5) is 28.9 Å². The molecule has 1 spiro atoms. The summed E-state index contributed by atoms with van der Waals surface area (Å²) in [5.74, 6) is -2.04. The average molecular weight is 490 g/mol. The zero-order valence-corrected chi connectivity index (χ0v) is 18.9. The maximum atomic E-state index is 14.8. The fourth-order valence-electron chi connectivity index (χ4n) is 4.28. The van der Waals surface area contributed by atoms with Crippen LogP contribution in [0, 0.1) is 17.1 Å². The lowest BCUT2D eigenvalue weighted by atomic mass is 9.75. The normalized spacial score (nSPS) is 17.1. The topological polar surface area (TPSA) is 67.7 Å². The van der Waals surface area contributed by atoms with Gasteiger partial charge in [0.25, 0.3) is 11.8 Å². The molecule has 2 aromatic rings. The van der Waals surface area contributed by atoms with Gasteiger partial charge in [0.05, 0.1) is 28.4 Å². The van der Waals surface area contributed by atoms with Crippen molar-refractivity contribution in [3.63, 3.8) is 0 Å². The van der Waals surface area contributed by atoms with E-state index in [1.165, 1.54) is 42.1 Å². The maximum absolute atomic E-state index is 14.8. The Balaban J connectivity index is 1.83. The predicted molar refractivity (Wildman–Crippen MR) is 120 cm³/mol. The highest BCUT2D eigenvalue weighted by Gasteiger charge is 2.60. The van der Waals surface area contributed by atoms with Gasteiger partial charge in [-0.1, -0.05) is 0 Å². The number of nitriles is 1. The summed E-state index contributed by atoms with van der Waals surface area (Å²) in [6, 6.07) is 8.30. The minimum absolute atomic E-state index is 0.163. The Morgan fingerprint density at radius 1 is 1.18 bits per heavy atom. The third-order valence-corrected chi connectivity index (χ3v) is 6.48. The first kappa shape index (κ1) is 23.6. The van der Waals surface area contributed by atoms with E-state index in [-0.39, 0.29) is 21.9 Å². The smallest absolute Gasteiger partial charge is 0.345 e. The summed E-state index contributed by atoms with van der Waals surface area (Å²) in [6.07, 6.45) is -3.57. The Hall–Kier alpha value is -3.52. The molecule has 11 heteroatoms. The van der Waals surface area contributed by atoms with Gasteiger partial charge in [-0.3, -0.25) is 14.5 Å². The number of carbonyl (C=O) groups is 2. The second-order valence-electron chi connectivity index (χ2n) is 8.35. The SMILES string of the molecule is CN(C)C(=O)c1ccc(N2C(=S)N(c3ccc(C#N)cc3C(F)(F)F)C(=O)C23CCC3)cc1F. The van der Waals surface area contributed by atoms with Crippen molar-refractivity contribution < 1.29 is 27.2 Å². The van der Waals surface area contributed by atoms with Crippen molar-refractivity contribution in [1.29, 1.82) is 5.26 Å². The second kappa shape index (κ2) is 8.06. The van der Waals surface area contributed by atoms with Gasteiger partial charge in [0, 0.05) is 19.8 Å². The number of halogens is 4. The third-order valence-electron chi connectivity index (χ3n) is 6.11. The minimum atomic E-state index is -4.85.